The zero-order chi connectivity index (χ0) is 13.1. The van der Waals surface area contributed by atoms with Crippen LogP contribution in [0.15, 0.2) is 24.5 Å². The van der Waals surface area contributed by atoms with Crippen LogP contribution in [0.3, 0.4) is 0 Å². The number of nitrogens with one attached hydrogen (secondary N) is 2. The van der Waals surface area contributed by atoms with Crippen molar-refractivity contribution in [2.45, 2.75) is 12.8 Å². The fourth-order valence-corrected chi connectivity index (χ4v) is 1.48. The Bertz CT molecular complexity index is 330. The molecule has 0 saturated carbocycles. The number of pyridine rings is 1. The van der Waals surface area contributed by atoms with E-state index in [1.165, 1.54) is 0 Å². The van der Waals surface area contributed by atoms with Crippen molar-refractivity contribution >= 4 is 5.91 Å². The molecule has 1 aromatic rings. The van der Waals surface area contributed by atoms with Crippen LogP contribution in [0.25, 0.3) is 0 Å². The number of nitrogens with zero attached hydrogens (tertiary/aromatic N) is 1. The first-order valence-electron chi connectivity index (χ1n) is 6.18. The third kappa shape index (κ3) is 6.98. The molecule has 0 radical (unpaired) electrons. The van der Waals surface area contributed by atoms with E-state index >= 15 is 0 Å². The minimum atomic E-state index is 0.0763. The van der Waals surface area contributed by atoms with E-state index in [4.69, 9.17) is 4.74 Å². The van der Waals surface area contributed by atoms with Gasteiger partial charge in [-0.15, -0.1) is 0 Å². The monoisotopic (exact) mass is 251 g/mol. The molecule has 2 N–H and O–H groups in total. The van der Waals surface area contributed by atoms with Crippen LogP contribution in [0.5, 0.6) is 0 Å². The Morgan fingerprint density at radius 3 is 3.00 bits per heavy atom. The summed E-state index contributed by atoms with van der Waals surface area (Å²) in [7, 11) is 1.67. The zero-order valence-corrected chi connectivity index (χ0v) is 10.8. The van der Waals surface area contributed by atoms with Gasteiger partial charge in [-0.05, 0) is 18.1 Å². The number of amides is 1. The second-order valence-corrected chi connectivity index (χ2v) is 3.95. The van der Waals surface area contributed by atoms with Gasteiger partial charge in [0.2, 0.25) is 5.91 Å². The summed E-state index contributed by atoms with van der Waals surface area (Å²) in [6.45, 7) is 2.91. The van der Waals surface area contributed by atoms with Gasteiger partial charge in [-0.1, -0.05) is 6.07 Å². The van der Waals surface area contributed by atoms with Crippen molar-refractivity contribution in [1.82, 2.24) is 15.6 Å². The second kappa shape index (κ2) is 9.56. The molecule has 5 nitrogen and oxygen atoms in total. The molecule has 18 heavy (non-hydrogen) atoms. The Balaban J connectivity index is 2.01. The highest BCUT2D eigenvalue weighted by Crippen LogP contribution is 1.99. The average molecular weight is 251 g/mol. The van der Waals surface area contributed by atoms with Gasteiger partial charge in [0.25, 0.3) is 0 Å². The molecule has 0 aliphatic rings. The number of hydrogen-bond acceptors (Lipinski definition) is 4. The summed E-state index contributed by atoms with van der Waals surface area (Å²) in [5.74, 6) is 0.0763. The lowest BCUT2D eigenvalue weighted by Crippen LogP contribution is -2.33. The van der Waals surface area contributed by atoms with Gasteiger partial charge >= 0.3 is 0 Å². The Labute approximate surface area is 108 Å². The summed E-state index contributed by atoms with van der Waals surface area (Å²) in [4.78, 5) is 15.5. The lowest BCUT2D eigenvalue weighted by molar-refractivity contribution is -0.121. The first-order chi connectivity index (χ1) is 8.83. The third-order valence-corrected chi connectivity index (χ3v) is 2.47. The van der Waals surface area contributed by atoms with Crippen LogP contribution in [-0.2, 0) is 16.0 Å². The summed E-state index contributed by atoms with van der Waals surface area (Å²) in [5.41, 5.74) is 1.09. The number of rotatable bonds is 9. The number of ether oxygens (including phenoxy) is 1. The summed E-state index contributed by atoms with van der Waals surface area (Å²) < 4.78 is 4.90. The molecule has 100 valence electrons. The lowest BCUT2D eigenvalue weighted by Gasteiger charge is -2.06. The number of carbonyl (C=O) groups is 1. The van der Waals surface area contributed by atoms with E-state index in [1.54, 1.807) is 19.5 Å². The summed E-state index contributed by atoms with van der Waals surface area (Å²) in [6, 6.07) is 3.86. The van der Waals surface area contributed by atoms with Crippen molar-refractivity contribution in [3.8, 4) is 0 Å². The number of hydrogen-bond donors (Lipinski definition) is 2. The van der Waals surface area contributed by atoms with Gasteiger partial charge in [0, 0.05) is 45.6 Å². The number of aromatic nitrogens is 1. The van der Waals surface area contributed by atoms with E-state index in [2.05, 4.69) is 15.6 Å². The van der Waals surface area contributed by atoms with Crippen molar-refractivity contribution in [3.63, 3.8) is 0 Å². The quantitative estimate of drug-likeness (QED) is 0.622. The van der Waals surface area contributed by atoms with E-state index in [0.29, 0.717) is 19.6 Å². The van der Waals surface area contributed by atoms with E-state index in [9.17, 15) is 4.79 Å². The van der Waals surface area contributed by atoms with Gasteiger partial charge in [0.15, 0.2) is 0 Å². The molecule has 0 fully saturated rings. The van der Waals surface area contributed by atoms with Crippen LogP contribution in [0.2, 0.25) is 0 Å². The lowest BCUT2D eigenvalue weighted by atomic mass is 10.1. The highest BCUT2D eigenvalue weighted by atomic mass is 16.5. The van der Waals surface area contributed by atoms with Crippen molar-refractivity contribution in [2.24, 2.45) is 0 Å². The first kappa shape index (κ1) is 14.6. The molecule has 0 atom stereocenters. The number of aryl methyl sites for hydroxylation is 1. The van der Waals surface area contributed by atoms with Crippen LogP contribution in [0.1, 0.15) is 12.0 Å². The Morgan fingerprint density at radius 1 is 1.39 bits per heavy atom. The molecule has 5 heteroatoms. The van der Waals surface area contributed by atoms with Gasteiger partial charge in [-0.3, -0.25) is 9.78 Å². The Kier molecular flexibility index (Phi) is 7.75. The number of methoxy groups -OCH3 is 1. The minimum Gasteiger partial charge on any atom is -0.383 e. The molecule has 1 rings (SSSR count). The highest BCUT2D eigenvalue weighted by Gasteiger charge is 2.01. The van der Waals surface area contributed by atoms with Gasteiger partial charge in [-0.25, -0.2) is 0 Å². The first-order valence-corrected chi connectivity index (χ1v) is 6.18. The van der Waals surface area contributed by atoms with Gasteiger partial charge < -0.3 is 15.4 Å². The second-order valence-electron chi connectivity index (χ2n) is 3.95. The summed E-state index contributed by atoms with van der Waals surface area (Å²) in [5, 5.41) is 6.03. The van der Waals surface area contributed by atoms with Crippen LogP contribution in [-0.4, -0.2) is 44.2 Å². The smallest absolute Gasteiger partial charge is 0.220 e. The Morgan fingerprint density at radius 2 is 2.28 bits per heavy atom. The van der Waals surface area contributed by atoms with Crippen LogP contribution >= 0.6 is 0 Å². The normalized spacial score (nSPS) is 10.3. The molecule has 0 aliphatic heterocycles. The molecule has 1 heterocycles. The van der Waals surface area contributed by atoms with Crippen molar-refractivity contribution in [1.29, 1.82) is 0 Å². The maximum atomic E-state index is 11.5. The Hall–Kier alpha value is -1.46. The fraction of sp³-hybridized carbons (Fsp3) is 0.538. The predicted molar refractivity (Wildman–Crippen MR) is 70.3 cm³/mol. The topological polar surface area (TPSA) is 63.2 Å². The standard InChI is InChI=1S/C13H21N3O2/c1-18-10-9-14-7-8-16-13(17)5-4-12-3-2-6-15-11-12/h2-3,6,11,14H,4-5,7-10H2,1H3,(H,16,17). The average Bonchev–Trinajstić information content (AvgIpc) is 2.41. The molecule has 1 aromatic heterocycles. The van der Waals surface area contributed by atoms with E-state index < -0.39 is 0 Å². The van der Waals surface area contributed by atoms with Crippen molar-refractivity contribution in [3.05, 3.63) is 30.1 Å². The molecule has 0 aliphatic carbocycles. The number of carbonyl (C=O) groups excluding carboxylic acids is 1. The van der Waals surface area contributed by atoms with E-state index in [0.717, 1.165) is 25.1 Å². The van der Waals surface area contributed by atoms with Gasteiger partial charge in [0.05, 0.1) is 6.61 Å². The molecule has 0 unspecified atom stereocenters. The molecule has 0 aromatic carbocycles. The SMILES string of the molecule is COCCNCCNC(=O)CCc1cccnc1. The maximum absolute atomic E-state index is 11.5. The summed E-state index contributed by atoms with van der Waals surface area (Å²) in [6.07, 6.45) is 4.76. The summed E-state index contributed by atoms with van der Waals surface area (Å²) >= 11 is 0. The largest absolute Gasteiger partial charge is 0.383 e. The minimum absolute atomic E-state index is 0.0763. The maximum Gasteiger partial charge on any atom is 0.220 e. The van der Waals surface area contributed by atoms with Gasteiger partial charge in [-0.2, -0.15) is 0 Å². The molecule has 0 bridgehead atoms. The molecular weight excluding hydrogens is 230 g/mol. The zero-order valence-electron chi connectivity index (χ0n) is 10.8. The van der Waals surface area contributed by atoms with Gasteiger partial charge in [0.1, 0.15) is 0 Å². The molecule has 0 saturated heterocycles. The molecular formula is C13H21N3O2. The van der Waals surface area contributed by atoms with Crippen LogP contribution in [0, 0.1) is 0 Å². The molecule has 1 amide bonds. The molecule has 0 spiro atoms. The predicted octanol–water partition coefficient (Wildman–Crippen LogP) is 0.366. The van der Waals surface area contributed by atoms with E-state index in [1.807, 2.05) is 12.1 Å². The third-order valence-electron chi connectivity index (χ3n) is 2.47. The van der Waals surface area contributed by atoms with Crippen LogP contribution < -0.4 is 10.6 Å². The van der Waals surface area contributed by atoms with Crippen molar-refractivity contribution < 1.29 is 9.53 Å². The van der Waals surface area contributed by atoms with Crippen LogP contribution in [0.4, 0.5) is 0 Å². The fourth-order valence-electron chi connectivity index (χ4n) is 1.48. The van der Waals surface area contributed by atoms with E-state index in [-0.39, 0.29) is 5.91 Å². The van der Waals surface area contributed by atoms with Crippen molar-refractivity contribution in [2.75, 3.05) is 33.4 Å². The highest BCUT2D eigenvalue weighted by molar-refractivity contribution is 5.76.